The maximum absolute atomic E-state index is 14.4. The molecule has 1 atom stereocenters. The van der Waals surface area contributed by atoms with Crippen LogP contribution in [0.4, 0.5) is 13.6 Å². The van der Waals surface area contributed by atoms with Crippen LogP contribution in [-0.4, -0.2) is 53.1 Å². The van der Waals surface area contributed by atoms with Crippen molar-refractivity contribution < 1.29 is 27.8 Å². The van der Waals surface area contributed by atoms with Gasteiger partial charge < -0.3 is 19.7 Å². The highest BCUT2D eigenvalue weighted by Gasteiger charge is 2.43. The van der Waals surface area contributed by atoms with Crippen molar-refractivity contribution in [2.75, 3.05) is 19.7 Å². The number of amidine groups is 1. The van der Waals surface area contributed by atoms with Gasteiger partial charge in [-0.25, -0.2) is 23.4 Å². The van der Waals surface area contributed by atoms with E-state index in [9.17, 15) is 18.4 Å². The van der Waals surface area contributed by atoms with Crippen molar-refractivity contribution in [2.24, 2.45) is 10.9 Å². The molecule has 2 aliphatic heterocycles. The van der Waals surface area contributed by atoms with Crippen LogP contribution in [0.5, 0.6) is 0 Å². The number of hydrogen-bond donors (Lipinski definition) is 1. The van der Waals surface area contributed by atoms with E-state index in [2.05, 4.69) is 15.3 Å². The number of likely N-dealkylation sites (tertiary alicyclic amines) is 1. The van der Waals surface area contributed by atoms with Gasteiger partial charge in [-0.3, -0.25) is 4.99 Å². The molecule has 4 rings (SSSR count). The number of rotatable bonds is 5. The van der Waals surface area contributed by atoms with Gasteiger partial charge in [0.15, 0.2) is 22.5 Å². The normalized spacial score (nSPS) is 18.4. The van der Waals surface area contributed by atoms with E-state index in [-0.39, 0.29) is 36.8 Å². The topological polar surface area (TPSA) is 93.1 Å². The van der Waals surface area contributed by atoms with Crippen LogP contribution >= 0.6 is 22.9 Å². The van der Waals surface area contributed by atoms with Gasteiger partial charge in [0.05, 0.1) is 17.2 Å². The Labute approximate surface area is 216 Å². The van der Waals surface area contributed by atoms with E-state index >= 15 is 0 Å². The molecule has 0 aliphatic carbocycles. The van der Waals surface area contributed by atoms with Crippen LogP contribution in [0.2, 0.25) is 5.02 Å². The lowest BCUT2D eigenvalue weighted by Gasteiger charge is -2.42. The van der Waals surface area contributed by atoms with Gasteiger partial charge in [-0.2, -0.15) is 0 Å². The molecule has 2 aliphatic rings. The van der Waals surface area contributed by atoms with Gasteiger partial charge in [-0.1, -0.05) is 17.7 Å². The molecule has 192 valence electrons. The van der Waals surface area contributed by atoms with Crippen LogP contribution in [0.25, 0.3) is 0 Å². The summed E-state index contributed by atoms with van der Waals surface area (Å²) in [5, 5.41) is 5.00. The molecule has 3 heterocycles. The minimum Gasteiger partial charge on any atom is -0.463 e. The first kappa shape index (κ1) is 26.0. The molecule has 0 bridgehead atoms. The van der Waals surface area contributed by atoms with E-state index in [4.69, 9.17) is 21.1 Å². The number of halogens is 3. The molecule has 0 radical (unpaired) electrons. The molecule has 1 saturated heterocycles. The lowest BCUT2D eigenvalue weighted by molar-refractivity contribution is -0.139. The number of carbonyl (C=O) groups is 2. The van der Waals surface area contributed by atoms with Gasteiger partial charge >= 0.3 is 12.1 Å². The fourth-order valence-electron chi connectivity index (χ4n) is 3.88. The molecule has 8 nitrogen and oxygen atoms in total. The minimum absolute atomic E-state index is 0.0889. The SMILES string of the molecule is CCOC(=O)C1=C(C2CN(C(=O)OC(C)(C)C)C2)NC(c2nccs2)=NC1c1ccc(F)c(F)c1Cl. The second kappa shape index (κ2) is 10.1. The molecule has 2 aromatic rings. The molecule has 1 fully saturated rings. The number of aliphatic imine (C=N–C) groups is 1. The fraction of sp³-hybridized carbons (Fsp3) is 0.417. The highest BCUT2D eigenvalue weighted by molar-refractivity contribution is 7.11. The number of hydrogen-bond acceptors (Lipinski definition) is 8. The summed E-state index contributed by atoms with van der Waals surface area (Å²) in [6, 6.07) is 1.15. The minimum atomic E-state index is -1.23. The van der Waals surface area contributed by atoms with Crippen molar-refractivity contribution >= 4 is 40.8 Å². The lowest BCUT2D eigenvalue weighted by Crippen LogP contribution is -2.55. The van der Waals surface area contributed by atoms with Gasteiger partial charge in [0.25, 0.3) is 0 Å². The number of thiazole rings is 1. The van der Waals surface area contributed by atoms with Crippen molar-refractivity contribution in [3.05, 3.63) is 62.2 Å². The van der Waals surface area contributed by atoms with Crippen molar-refractivity contribution in [1.82, 2.24) is 15.2 Å². The Kier molecular flexibility index (Phi) is 7.33. The van der Waals surface area contributed by atoms with Crippen molar-refractivity contribution in [1.29, 1.82) is 0 Å². The molecular formula is C24H25ClF2N4O4S. The summed E-state index contributed by atoms with van der Waals surface area (Å²) in [6.07, 6.45) is 1.13. The zero-order chi connectivity index (χ0) is 26.2. The summed E-state index contributed by atoms with van der Waals surface area (Å²) in [7, 11) is 0. The molecule has 1 unspecified atom stereocenters. The van der Waals surface area contributed by atoms with Gasteiger partial charge in [0, 0.05) is 41.8 Å². The molecule has 36 heavy (non-hydrogen) atoms. The Bertz CT molecular complexity index is 1240. The molecule has 0 saturated carbocycles. The predicted octanol–water partition coefficient (Wildman–Crippen LogP) is 4.85. The van der Waals surface area contributed by atoms with Gasteiger partial charge in [-0.05, 0) is 33.8 Å². The molecule has 1 N–H and O–H groups in total. The van der Waals surface area contributed by atoms with Gasteiger partial charge in [0.2, 0.25) is 0 Å². The second-order valence-corrected chi connectivity index (χ2v) is 10.5. The standard InChI is InChI=1S/C24H25ClF2N4O4S/c1-5-34-22(32)15-18(12-10-31(11-12)23(33)35-24(2,3)4)29-20(21-28-8-9-36-21)30-19(15)13-6-7-14(26)17(27)16(13)25/h6-9,12,19H,5,10-11H2,1-4H3,(H,29,30). The number of aromatic nitrogens is 1. The quantitative estimate of drug-likeness (QED) is 0.432. The number of benzene rings is 1. The third-order valence-corrected chi connectivity index (χ3v) is 6.67. The Morgan fingerprint density at radius 3 is 2.61 bits per heavy atom. The van der Waals surface area contributed by atoms with E-state index in [0.717, 1.165) is 6.07 Å². The van der Waals surface area contributed by atoms with Crippen LogP contribution in [0.1, 0.15) is 44.3 Å². The second-order valence-electron chi connectivity index (χ2n) is 9.24. The number of nitrogens with one attached hydrogen (secondary N) is 1. The van der Waals surface area contributed by atoms with E-state index in [0.29, 0.717) is 16.5 Å². The van der Waals surface area contributed by atoms with Crippen molar-refractivity contribution in [3.63, 3.8) is 0 Å². The third-order valence-electron chi connectivity index (χ3n) is 5.51. The Hall–Kier alpha value is -3.05. The maximum atomic E-state index is 14.4. The van der Waals surface area contributed by atoms with Crippen LogP contribution in [0.15, 0.2) is 40.0 Å². The summed E-state index contributed by atoms with van der Waals surface area (Å²) >= 11 is 7.50. The molecular weight excluding hydrogens is 514 g/mol. The summed E-state index contributed by atoms with van der Waals surface area (Å²) in [5.74, 6) is -2.98. The Morgan fingerprint density at radius 1 is 1.28 bits per heavy atom. The lowest BCUT2D eigenvalue weighted by atomic mass is 9.87. The average molecular weight is 539 g/mol. The zero-order valence-electron chi connectivity index (χ0n) is 20.1. The first-order chi connectivity index (χ1) is 17.0. The van der Waals surface area contributed by atoms with Crippen LogP contribution < -0.4 is 5.32 Å². The van der Waals surface area contributed by atoms with Crippen LogP contribution in [-0.2, 0) is 14.3 Å². The molecule has 1 aromatic heterocycles. The summed E-state index contributed by atoms with van der Waals surface area (Å²) in [4.78, 5) is 36.1. The highest BCUT2D eigenvalue weighted by Crippen LogP contribution is 2.40. The molecule has 1 aromatic carbocycles. The number of ether oxygens (including phenoxy) is 2. The predicted molar refractivity (Wildman–Crippen MR) is 131 cm³/mol. The fourth-order valence-corrected chi connectivity index (χ4v) is 4.73. The van der Waals surface area contributed by atoms with E-state index in [1.807, 2.05) is 0 Å². The number of carbonyl (C=O) groups excluding carboxylic acids is 2. The van der Waals surface area contributed by atoms with Crippen molar-refractivity contribution in [2.45, 2.75) is 39.3 Å². The monoisotopic (exact) mass is 538 g/mol. The first-order valence-corrected chi connectivity index (χ1v) is 12.5. The largest absolute Gasteiger partial charge is 0.463 e. The van der Waals surface area contributed by atoms with E-state index in [1.54, 1.807) is 39.3 Å². The highest BCUT2D eigenvalue weighted by atomic mass is 35.5. The Morgan fingerprint density at radius 2 is 2.00 bits per heavy atom. The number of amides is 1. The maximum Gasteiger partial charge on any atom is 0.410 e. The van der Waals surface area contributed by atoms with Crippen molar-refractivity contribution in [3.8, 4) is 0 Å². The van der Waals surface area contributed by atoms with Crippen LogP contribution in [0.3, 0.4) is 0 Å². The molecule has 0 spiro atoms. The smallest absolute Gasteiger partial charge is 0.410 e. The average Bonchev–Trinajstić information content (AvgIpc) is 3.30. The molecule has 1 amide bonds. The van der Waals surface area contributed by atoms with Gasteiger partial charge in [-0.15, -0.1) is 11.3 Å². The summed E-state index contributed by atoms with van der Waals surface area (Å²) < 4.78 is 39.0. The summed E-state index contributed by atoms with van der Waals surface area (Å²) in [5.41, 5.74) is 0.0212. The molecule has 12 heteroatoms. The zero-order valence-corrected chi connectivity index (χ0v) is 21.7. The van der Waals surface area contributed by atoms with E-state index < -0.39 is 40.4 Å². The third kappa shape index (κ3) is 5.22. The van der Waals surface area contributed by atoms with Crippen LogP contribution in [0, 0.1) is 17.6 Å². The van der Waals surface area contributed by atoms with Gasteiger partial charge in [0.1, 0.15) is 11.6 Å². The van der Waals surface area contributed by atoms with E-state index in [1.165, 1.54) is 22.3 Å². The number of esters is 1. The Balaban J connectivity index is 1.77. The first-order valence-electron chi connectivity index (χ1n) is 11.3. The number of nitrogens with zero attached hydrogens (tertiary/aromatic N) is 3. The summed E-state index contributed by atoms with van der Waals surface area (Å²) in [6.45, 7) is 7.61.